The summed E-state index contributed by atoms with van der Waals surface area (Å²) in [4.78, 5) is 30.1. The van der Waals surface area contributed by atoms with E-state index in [4.69, 9.17) is 26.9 Å². The zero-order chi connectivity index (χ0) is 48.5. The highest BCUT2D eigenvalue weighted by Gasteiger charge is 2.20. The highest BCUT2D eigenvalue weighted by molar-refractivity contribution is 7.91. The number of pyridine rings is 3. The molecular weight excluding hydrogens is 949 g/mol. The Hall–Kier alpha value is -8.65. The van der Waals surface area contributed by atoms with E-state index in [0.717, 1.165) is 18.2 Å². The zero-order valence-electron chi connectivity index (χ0n) is 33.1. The predicted octanol–water partition coefficient (Wildman–Crippen LogP) is 8.69. The molecule has 4 aromatic carbocycles. The van der Waals surface area contributed by atoms with Crippen molar-refractivity contribution in [2.45, 2.75) is 26.5 Å². The van der Waals surface area contributed by atoms with E-state index in [1.807, 2.05) is 6.92 Å². The molecule has 27 nitrogen and oxygen atoms in total. The van der Waals surface area contributed by atoms with Gasteiger partial charge in [0.05, 0.1) is 31.7 Å². The maximum absolute atomic E-state index is 11.8. The molecule has 0 saturated carbocycles. The number of nitro benzene ring substituents is 1. The molecule has 0 N–H and O–H groups in total. The van der Waals surface area contributed by atoms with Crippen molar-refractivity contribution >= 4 is 78.4 Å². The predicted molar refractivity (Wildman–Crippen MR) is 235 cm³/mol. The molecule has 0 bridgehead atoms. The molecule has 0 atom stereocenters. The van der Waals surface area contributed by atoms with Crippen molar-refractivity contribution in [3.63, 3.8) is 0 Å². The lowest BCUT2D eigenvalue weighted by Crippen LogP contribution is -2.00. The van der Waals surface area contributed by atoms with Gasteiger partial charge in [-0.1, -0.05) is 36.4 Å². The number of sulfonamides is 4. The molecule has 0 radical (unpaired) electrons. The van der Waals surface area contributed by atoms with Gasteiger partial charge in [-0.15, -0.1) is 0 Å². The summed E-state index contributed by atoms with van der Waals surface area (Å²) in [6, 6.07) is 24.7. The molecule has 0 aliphatic carbocycles. The summed E-state index contributed by atoms with van der Waals surface area (Å²) >= 11 is 0. The van der Waals surface area contributed by atoms with Crippen LogP contribution in [0.3, 0.4) is 0 Å². The molecule has 3 heterocycles. The van der Waals surface area contributed by atoms with Crippen molar-refractivity contribution in [2.75, 3.05) is 6.61 Å². The van der Waals surface area contributed by atoms with E-state index in [9.17, 15) is 43.8 Å². The third kappa shape index (κ3) is 12.5. The van der Waals surface area contributed by atoms with Crippen LogP contribution in [0.5, 0.6) is 5.75 Å². The molecule has 336 valence electrons. The van der Waals surface area contributed by atoms with Crippen molar-refractivity contribution in [1.82, 2.24) is 15.0 Å². The van der Waals surface area contributed by atoms with Crippen molar-refractivity contribution in [3.05, 3.63) is 180 Å². The van der Waals surface area contributed by atoms with E-state index in [0.29, 0.717) is 44.9 Å². The Kier molecular flexibility index (Phi) is 16.8. The van der Waals surface area contributed by atoms with Gasteiger partial charge in [0.1, 0.15) is 16.2 Å². The molecule has 0 fully saturated rings. The van der Waals surface area contributed by atoms with Gasteiger partial charge in [-0.3, -0.25) is 25.1 Å². The lowest BCUT2D eigenvalue weighted by atomic mass is 10.2. The van der Waals surface area contributed by atoms with Crippen molar-refractivity contribution in [1.29, 1.82) is 0 Å². The van der Waals surface area contributed by atoms with Crippen LogP contribution in [-0.4, -0.2) is 60.2 Å². The summed E-state index contributed by atoms with van der Waals surface area (Å²) in [5.74, 6) is 0.484. The van der Waals surface area contributed by atoms with Gasteiger partial charge in [0.15, 0.2) is 0 Å². The summed E-state index contributed by atoms with van der Waals surface area (Å²) in [6.45, 7) is 2.26. The minimum Gasteiger partial charge on any atom is -0.492 e. The normalized spacial score (nSPS) is 10.9. The second kappa shape index (κ2) is 22.1. The number of aromatic nitrogens is 3. The van der Waals surface area contributed by atoms with E-state index in [1.54, 1.807) is 60.8 Å². The summed E-state index contributed by atoms with van der Waals surface area (Å²) in [5.41, 5.74) is 33.0. The van der Waals surface area contributed by atoms with Crippen LogP contribution < -0.4 is 4.74 Å². The first-order valence-electron chi connectivity index (χ1n) is 17.5. The van der Waals surface area contributed by atoms with Crippen LogP contribution in [-0.2, 0) is 40.1 Å². The first-order valence-corrected chi connectivity index (χ1v) is 23.3. The number of nitrogens with zero attached hydrogens (tertiary/aromatic N) is 16. The van der Waals surface area contributed by atoms with Gasteiger partial charge >= 0.3 is 0 Å². The first-order chi connectivity index (χ1) is 31.4. The van der Waals surface area contributed by atoms with E-state index in [2.05, 4.69) is 52.7 Å². The molecule has 0 saturated heterocycles. The van der Waals surface area contributed by atoms with Crippen LogP contribution in [0.25, 0.3) is 74.3 Å². The van der Waals surface area contributed by atoms with Crippen molar-refractivity contribution in [2.24, 2.45) is 18.1 Å². The van der Waals surface area contributed by atoms with Gasteiger partial charge in [0.25, 0.3) is 45.8 Å². The number of nitro groups is 1. The van der Waals surface area contributed by atoms with Crippen LogP contribution in [0.4, 0.5) is 5.69 Å². The molecule has 0 aliphatic heterocycles. The number of para-hydroxylation sites is 1. The Morgan fingerprint density at radius 3 is 1.70 bits per heavy atom. The number of fused-ring (bicyclic) bond motifs is 3. The van der Waals surface area contributed by atoms with Gasteiger partial charge < -0.3 is 4.74 Å². The molecule has 7 aromatic rings. The summed E-state index contributed by atoms with van der Waals surface area (Å²) < 4.78 is 109. The van der Waals surface area contributed by atoms with E-state index >= 15 is 0 Å². The number of azide groups is 4. The number of benzene rings is 4. The smallest absolute Gasteiger partial charge is 0.270 e. The summed E-state index contributed by atoms with van der Waals surface area (Å²) in [5, 5.41) is 12.6. The van der Waals surface area contributed by atoms with E-state index in [-0.39, 0.29) is 20.4 Å². The van der Waals surface area contributed by atoms with Crippen LogP contribution in [0.1, 0.15) is 6.92 Å². The fourth-order valence-corrected chi connectivity index (χ4v) is 8.67. The third-order valence-corrected chi connectivity index (χ3v) is 12.7. The quantitative estimate of drug-likeness (QED) is 0.0384. The lowest BCUT2D eigenvalue weighted by Gasteiger charge is -2.09. The van der Waals surface area contributed by atoms with Gasteiger partial charge in [0, 0.05) is 96.2 Å². The maximum Gasteiger partial charge on any atom is 0.270 e. The van der Waals surface area contributed by atoms with Crippen LogP contribution in [0.2, 0.25) is 0 Å². The Morgan fingerprint density at radius 2 is 1.09 bits per heavy atom. The first kappa shape index (κ1) is 50.0. The minimum absolute atomic E-state index is 0.00907. The average molecular weight is 975 g/mol. The zero-order valence-corrected chi connectivity index (χ0v) is 36.4. The number of non-ortho nitro benzene ring substituents is 1. The van der Waals surface area contributed by atoms with Crippen LogP contribution in [0.15, 0.2) is 166 Å². The Bertz CT molecular complexity index is 3520. The lowest BCUT2D eigenvalue weighted by molar-refractivity contribution is -0.385. The fourth-order valence-electron chi connectivity index (χ4n) is 5.35. The number of hydrogen-bond donors (Lipinski definition) is 0. The van der Waals surface area contributed by atoms with Crippen LogP contribution in [0, 0.1) is 10.1 Å². The van der Waals surface area contributed by atoms with E-state index in [1.165, 1.54) is 48.9 Å². The topological polar surface area (TPSA) is 423 Å². The maximum atomic E-state index is 11.8. The summed E-state index contributed by atoms with van der Waals surface area (Å²) in [7, 11) is -16.2. The second-order valence-electron chi connectivity index (χ2n) is 11.9. The van der Waals surface area contributed by atoms with Gasteiger partial charge in [-0.2, -0.15) is 0 Å². The van der Waals surface area contributed by atoms with E-state index < -0.39 is 49.9 Å². The molecule has 0 amide bonds. The molecule has 0 spiro atoms. The number of hydrogen-bond acceptors (Lipinski definition) is 14. The monoisotopic (exact) mass is 974 g/mol. The molecule has 7 rings (SSSR count). The minimum atomic E-state index is -4.16. The standard InChI is InChI=1S/C11H10N4O3S.2C9H6N4O2S.C6H4N4O4S/c1-2-18-9-5-6-10(19(16,17)15-14-12)8-4-3-7-13-11(8)9;10-12-13-16(14,15)8-5-1-3-7-4-2-6-11-9(7)8;10-12-13-16(14,15)9-3-1-2-7-6-11-5-4-8(7)9;7-8-9-15(13,14)6-3-1-2-5(4-6)10(11)12/h3-7H,2H2,1H3;2*1-6H;1-4H. The Labute approximate surface area is 371 Å². The van der Waals surface area contributed by atoms with Crippen molar-refractivity contribution < 1.29 is 43.3 Å². The molecule has 0 aliphatic rings. The fraction of sp³-hybridized carbons (Fsp3) is 0.0571. The molecule has 31 heteroatoms. The highest BCUT2D eigenvalue weighted by atomic mass is 32.2. The number of rotatable bonds is 11. The molecule has 0 unspecified atom stereocenters. The largest absolute Gasteiger partial charge is 0.492 e. The third-order valence-electron chi connectivity index (χ3n) is 7.96. The molecule has 66 heavy (non-hydrogen) atoms. The molecular formula is C35H26N16O11S4. The van der Waals surface area contributed by atoms with Gasteiger partial charge in [0.2, 0.25) is 0 Å². The van der Waals surface area contributed by atoms with Crippen LogP contribution >= 0.6 is 0 Å². The average Bonchev–Trinajstić information content (AvgIpc) is 3.29. The summed E-state index contributed by atoms with van der Waals surface area (Å²) in [6.07, 6.45) is 6.05. The van der Waals surface area contributed by atoms with Gasteiger partial charge in [-0.05, 0) is 83.6 Å². The van der Waals surface area contributed by atoms with Gasteiger partial charge in [-0.25, -0.2) is 33.7 Å². The SMILES string of the molecule is CCOc1ccc(S(=O)(=O)N=[N+]=[N-])c2cccnc12.[N-]=[N+]=NS(=O)(=O)c1cccc([N+](=O)[O-])c1.[N-]=[N+]=NS(=O)(=O)c1cccc2cccnc12.[N-]=[N+]=NS(=O)(=O)c1cccc2cnccc12. The molecule has 3 aromatic heterocycles. The van der Waals surface area contributed by atoms with Crippen molar-refractivity contribution in [3.8, 4) is 5.75 Å². The Balaban J connectivity index is 0.000000193. The Morgan fingerprint density at radius 1 is 0.576 bits per heavy atom. The second-order valence-corrected chi connectivity index (χ2v) is 18.2. The highest BCUT2D eigenvalue weighted by Crippen LogP contribution is 2.31. The number of ether oxygens (including phenoxy) is 1.